The molecule has 1 unspecified atom stereocenters. The van der Waals surface area contributed by atoms with Gasteiger partial charge in [0.1, 0.15) is 5.82 Å². The highest BCUT2D eigenvalue weighted by Crippen LogP contribution is 2.25. The van der Waals surface area contributed by atoms with E-state index in [4.69, 9.17) is 0 Å². The van der Waals surface area contributed by atoms with Crippen molar-refractivity contribution in [3.05, 3.63) is 57.7 Å². The van der Waals surface area contributed by atoms with Gasteiger partial charge in [-0.1, -0.05) is 24.3 Å². The minimum Gasteiger partial charge on any atom is -0.312 e. The summed E-state index contributed by atoms with van der Waals surface area (Å²) in [5.41, 5.74) is 3.33. The minimum atomic E-state index is -0.180. The van der Waals surface area contributed by atoms with Crippen molar-refractivity contribution in [2.45, 2.75) is 19.4 Å². The zero-order chi connectivity index (χ0) is 14.8. The third-order valence-electron chi connectivity index (χ3n) is 3.71. The SMILES string of the molecule is Cc1cc(NC(=O)C2CNCc3ccccc32)ncc1Br. The Balaban J connectivity index is 1.81. The van der Waals surface area contributed by atoms with E-state index < -0.39 is 0 Å². The average Bonchev–Trinajstić information content (AvgIpc) is 2.50. The van der Waals surface area contributed by atoms with E-state index in [2.05, 4.69) is 37.6 Å². The lowest BCUT2D eigenvalue weighted by Gasteiger charge is -2.25. The first-order valence-corrected chi connectivity index (χ1v) is 7.66. The van der Waals surface area contributed by atoms with E-state index in [1.54, 1.807) is 6.20 Å². The molecule has 3 rings (SSSR count). The highest BCUT2D eigenvalue weighted by atomic mass is 79.9. The second-order valence-corrected chi connectivity index (χ2v) is 6.04. The highest BCUT2D eigenvalue weighted by Gasteiger charge is 2.26. The summed E-state index contributed by atoms with van der Waals surface area (Å²) in [4.78, 5) is 16.8. The topological polar surface area (TPSA) is 54.0 Å². The van der Waals surface area contributed by atoms with Gasteiger partial charge in [0.05, 0.1) is 5.92 Å². The summed E-state index contributed by atoms with van der Waals surface area (Å²) < 4.78 is 0.935. The van der Waals surface area contributed by atoms with Crippen LogP contribution in [0.5, 0.6) is 0 Å². The van der Waals surface area contributed by atoms with Gasteiger partial charge in [0.15, 0.2) is 0 Å². The summed E-state index contributed by atoms with van der Waals surface area (Å²) in [7, 11) is 0. The van der Waals surface area contributed by atoms with Crippen LogP contribution in [0.4, 0.5) is 5.82 Å². The van der Waals surface area contributed by atoms with Crippen LogP contribution in [0.3, 0.4) is 0 Å². The maximum atomic E-state index is 12.5. The molecule has 21 heavy (non-hydrogen) atoms. The molecule has 0 saturated heterocycles. The zero-order valence-corrected chi connectivity index (χ0v) is 13.3. The third-order valence-corrected chi connectivity index (χ3v) is 4.54. The van der Waals surface area contributed by atoms with Gasteiger partial charge < -0.3 is 10.6 Å². The molecule has 0 bridgehead atoms. The number of hydrogen-bond donors (Lipinski definition) is 2. The Kier molecular flexibility index (Phi) is 4.03. The first-order chi connectivity index (χ1) is 10.1. The number of amides is 1. The van der Waals surface area contributed by atoms with Gasteiger partial charge in [0.25, 0.3) is 0 Å². The van der Waals surface area contributed by atoms with Crippen molar-refractivity contribution >= 4 is 27.7 Å². The standard InChI is InChI=1S/C16H16BrN3O/c1-10-6-15(19-9-14(10)17)20-16(21)13-8-18-7-11-4-2-3-5-12(11)13/h2-6,9,13,18H,7-8H2,1H3,(H,19,20,21). The molecular weight excluding hydrogens is 330 g/mol. The fourth-order valence-corrected chi connectivity index (χ4v) is 2.77. The molecule has 1 aliphatic heterocycles. The van der Waals surface area contributed by atoms with Gasteiger partial charge in [-0.2, -0.15) is 0 Å². The summed E-state index contributed by atoms with van der Waals surface area (Å²) in [5.74, 6) is 0.383. The molecule has 0 saturated carbocycles. The van der Waals surface area contributed by atoms with E-state index in [0.29, 0.717) is 12.4 Å². The predicted octanol–water partition coefficient (Wildman–Crippen LogP) is 2.98. The maximum Gasteiger partial charge on any atom is 0.234 e. The van der Waals surface area contributed by atoms with E-state index in [-0.39, 0.29) is 11.8 Å². The second-order valence-electron chi connectivity index (χ2n) is 5.19. The summed E-state index contributed by atoms with van der Waals surface area (Å²) >= 11 is 3.41. The van der Waals surface area contributed by atoms with Gasteiger partial charge >= 0.3 is 0 Å². The molecule has 2 aromatic rings. The first kappa shape index (κ1) is 14.2. The lowest BCUT2D eigenvalue weighted by atomic mass is 9.90. The Labute approximate surface area is 132 Å². The van der Waals surface area contributed by atoms with Crippen LogP contribution in [0.25, 0.3) is 0 Å². The quantitative estimate of drug-likeness (QED) is 0.879. The van der Waals surface area contributed by atoms with Crippen LogP contribution in [-0.4, -0.2) is 17.4 Å². The molecule has 4 nitrogen and oxygen atoms in total. The number of anilines is 1. The van der Waals surface area contributed by atoms with Gasteiger partial charge in [-0.3, -0.25) is 4.79 Å². The van der Waals surface area contributed by atoms with Crippen LogP contribution in [0, 0.1) is 6.92 Å². The maximum absolute atomic E-state index is 12.5. The fraction of sp³-hybridized carbons (Fsp3) is 0.250. The van der Waals surface area contributed by atoms with E-state index >= 15 is 0 Å². The zero-order valence-electron chi connectivity index (χ0n) is 11.7. The molecule has 108 valence electrons. The molecule has 1 atom stereocenters. The van der Waals surface area contributed by atoms with Crippen molar-refractivity contribution in [3.8, 4) is 0 Å². The number of halogens is 1. The van der Waals surface area contributed by atoms with Crippen LogP contribution >= 0.6 is 15.9 Å². The van der Waals surface area contributed by atoms with Gasteiger partial charge in [0.2, 0.25) is 5.91 Å². The molecule has 1 aliphatic rings. The van der Waals surface area contributed by atoms with Gasteiger partial charge in [-0.25, -0.2) is 4.98 Å². The van der Waals surface area contributed by atoms with Crippen LogP contribution in [-0.2, 0) is 11.3 Å². The largest absolute Gasteiger partial charge is 0.312 e. The Morgan fingerprint density at radius 1 is 1.43 bits per heavy atom. The summed E-state index contributed by atoms with van der Waals surface area (Å²) in [6, 6.07) is 9.93. The predicted molar refractivity (Wildman–Crippen MR) is 86.2 cm³/mol. The number of fused-ring (bicyclic) bond motifs is 1. The number of carbonyl (C=O) groups is 1. The van der Waals surface area contributed by atoms with E-state index in [1.807, 2.05) is 31.2 Å². The molecule has 0 spiro atoms. The number of hydrogen-bond acceptors (Lipinski definition) is 3. The van der Waals surface area contributed by atoms with Crippen molar-refractivity contribution in [2.24, 2.45) is 0 Å². The minimum absolute atomic E-state index is 0.0242. The van der Waals surface area contributed by atoms with Gasteiger partial charge in [-0.15, -0.1) is 0 Å². The molecule has 0 radical (unpaired) electrons. The summed E-state index contributed by atoms with van der Waals surface area (Å²) in [6.07, 6.45) is 1.71. The second kappa shape index (κ2) is 5.95. The Morgan fingerprint density at radius 3 is 3.05 bits per heavy atom. The highest BCUT2D eigenvalue weighted by molar-refractivity contribution is 9.10. The summed E-state index contributed by atoms with van der Waals surface area (Å²) in [5, 5.41) is 6.20. The number of rotatable bonds is 2. The third kappa shape index (κ3) is 2.99. The normalized spacial score (nSPS) is 17.1. The average molecular weight is 346 g/mol. The lowest BCUT2D eigenvalue weighted by molar-refractivity contribution is -0.117. The smallest absolute Gasteiger partial charge is 0.234 e. The van der Waals surface area contributed by atoms with E-state index in [1.165, 1.54) is 5.56 Å². The number of pyridine rings is 1. The number of nitrogens with zero attached hydrogens (tertiary/aromatic N) is 1. The van der Waals surface area contributed by atoms with Crippen LogP contribution in [0.2, 0.25) is 0 Å². The van der Waals surface area contributed by atoms with E-state index in [9.17, 15) is 4.79 Å². The van der Waals surface area contributed by atoms with Crippen LogP contribution < -0.4 is 10.6 Å². The number of nitrogens with one attached hydrogen (secondary N) is 2. The van der Waals surface area contributed by atoms with Crippen LogP contribution in [0.1, 0.15) is 22.6 Å². The Hall–Kier alpha value is -1.72. The van der Waals surface area contributed by atoms with Crippen molar-refractivity contribution < 1.29 is 4.79 Å². The Bertz CT molecular complexity index is 687. The lowest BCUT2D eigenvalue weighted by Crippen LogP contribution is -2.35. The molecule has 2 heterocycles. The Morgan fingerprint density at radius 2 is 2.24 bits per heavy atom. The van der Waals surface area contributed by atoms with Gasteiger partial charge in [0, 0.05) is 23.8 Å². The monoisotopic (exact) mass is 345 g/mol. The van der Waals surface area contributed by atoms with Crippen molar-refractivity contribution in [1.82, 2.24) is 10.3 Å². The molecule has 1 aromatic carbocycles. The molecule has 1 aromatic heterocycles. The van der Waals surface area contributed by atoms with Crippen molar-refractivity contribution in [3.63, 3.8) is 0 Å². The van der Waals surface area contributed by atoms with E-state index in [0.717, 1.165) is 22.1 Å². The number of carbonyl (C=O) groups excluding carboxylic acids is 1. The van der Waals surface area contributed by atoms with Crippen LogP contribution in [0.15, 0.2) is 41.0 Å². The van der Waals surface area contributed by atoms with Gasteiger partial charge in [-0.05, 0) is 45.6 Å². The number of aryl methyl sites for hydroxylation is 1. The summed E-state index contributed by atoms with van der Waals surface area (Å²) in [6.45, 7) is 3.44. The molecule has 0 aliphatic carbocycles. The molecule has 2 N–H and O–H groups in total. The molecule has 1 amide bonds. The van der Waals surface area contributed by atoms with Crippen molar-refractivity contribution in [2.75, 3.05) is 11.9 Å². The number of benzene rings is 1. The number of aromatic nitrogens is 1. The molecule has 0 fully saturated rings. The first-order valence-electron chi connectivity index (χ1n) is 6.86. The fourth-order valence-electron chi connectivity index (χ4n) is 2.55. The molecular formula is C16H16BrN3O. The van der Waals surface area contributed by atoms with Crippen molar-refractivity contribution in [1.29, 1.82) is 0 Å². The molecule has 5 heteroatoms.